The number of hydrogen-bond donors (Lipinski definition) is 2. The fourth-order valence-corrected chi connectivity index (χ4v) is 2.38. The smallest absolute Gasteiger partial charge is 0.276 e. The normalized spacial score (nSPS) is 11.4. The molecule has 6 heteroatoms. The Morgan fingerprint density at radius 3 is 2.15 bits per heavy atom. The maximum absolute atomic E-state index is 11.9. The highest BCUT2D eigenvalue weighted by molar-refractivity contribution is 5.83. The number of carbonyl (C=O) groups excluding carboxylic acids is 2. The van der Waals surface area contributed by atoms with Crippen LogP contribution in [0.1, 0.15) is 37.3 Å². The molecule has 1 atom stereocenters. The summed E-state index contributed by atoms with van der Waals surface area (Å²) >= 11 is 0. The highest BCUT2D eigenvalue weighted by atomic mass is 16.5. The van der Waals surface area contributed by atoms with Gasteiger partial charge in [0.25, 0.3) is 11.8 Å². The van der Waals surface area contributed by atoms with Gasteiger partial charge < -0.3 is 9.47 Å². The molecule has 0 heterocycles. The Hall–Kier alpha value is -3.02. The molecule has 27 heavy (non-hydrogen) atoms. The van der Waals surface area contributed by atoms with Crippen LogP contribution in [0.25, 0.3) is 0 Å². The Bertz CT molecular complexity index is 759. The Morgan fingerprint density at radius 1 is 0.926 bits per heavy atom. The molecule has 2 N–H and O–H groups in total. The van der Waals surface area contributed by atoms with Crippen LogP contribution in [-0.4, -0.2) is 25.0 Å². The van der Waals surface area contributed by atoms with Gasteiger partial charge in [0.15, 0.2) is 13.2 Å². The molecular formula is C21H26N2O4. The molecule has 0 aromatic heterocycles. The maximum Gasteiger partial charge on any atom is 0.276 e. The van der Waals surface area contributed by atoms with Crippen molar-refractivity contribution in [2.75, 3.05) is 13.2 Å². The Labute approximate surface area is 159 Å². The number of ether oxygens (including phenoxy) is 2. The van der Waals surface area contributed by atoms with Gasteiger partial charge in [0.2, 0.25) is 0 Å². The van der Waals surface area contributed by atoms with Crippen LogP contribution in [0.2, 0.25) is 0 Å². The summed E-state index contributed by atoms with van der Waals surface area (Å²) in [5.74, 6) is 0.701. The molecule has 1 unspecified atom stereocenters. The number of benzene rings is 2. The molecule has 144 valence electrons. The Balaban J connectivity index is 1.73. The van der Waals surface area contributed by atoms with Gasteiger partial charge in [-0.05, 0) is 43.0 Å². The summed E-state index contributed by atoms with van der Waals surface area (Å²) in [5, 5.41) is 0. The third-order valence-corrected chi connectivity index (χ3v) is 4.15. The maximum atomic E-state index is 11.9. The second-order valence-corrected chi connectivity index (χ2v) is 6.33. The highest BCUT2D eigenvalue weighted by Crippen LogP contribution is 2.28. The van der Waals surface area contributed by atoms with Crippen molar-refractivity contribution in [1.82, 2.24) is 10.9 Å². The average Bonchev–Trinajstić information content (AvgIpc) is 2.69. The van der Waals surface area contributed by atoms with Crippen molar-refractivity contribution in [1.29, 1.82) is 0 Å². The van der Waals surface area contributed by atoms with Crippen LogP contribution >= 0.6 is 0 Å². The number of aryl methyl sites for hydroxylation is 1. The van der Waals surface area contributed by atoms with Gasteiger partial charge in [-0.3, -0.25) is 20.4 Å². The summed E-state index contributed by atoms with van der Waals surface area (Å²) in [5.41, 5.74) is 6.79. The van der Waals surface area contributed by atoms with E-state index in [0.29, 0.717) is 17.4 Å². The van der Waals surface area contributed by atoms with Crippen LogP contribution < -0.4 is 20.3 Å². The van der Waals surface area contributed by atoms with Crippen LogP contribution in [0, 0.1) is 6.92 Å². The largest absolute Gasteiger partial charge is 0.484 e. The van der Waals surface area contributed by atoms with Gasteiger partial charge in [-0.2, -0.15) is 0 Å². The molecule has 0 bridgehead atoms. The highest BCUT2D eigenvalue weighted by Gasteiger charge is 2.11. The van der Waals surface area contributed by atoms with Crippen LogP contribution in [0.5, 0.6) is 11.5 Å². The summed E-state index contributed by atoms with van der Waals surface area (Å²) < 4.78 is 10.9. The minimum Gasteiger partial charge on any atom is -0.484 e. The first-order valence-electron chi connectivity index (χ1n) is 8.98. The van der Waals surface area contributed by atoms with Crippen LogP contribution in [0.4, 0.5) is 0 Å². The molecule has 0 aliphatic heterocycles. The van der Waals surface area contributed by atoms with E-state index in [-0.39, 0.29) is 13.2 Å². The van der Waals surface area contributed by atoms with E-state index in [1.54, 1.807) is 12.1 Å². The first kappa shape index (κ1) is 20.3. The topological polar surface area (TPSA) is 76.7 Å². The van der Waals surface area contributed by atoms with Crippen LogP contribution in [-0.2, 0) is 9.59 Å². The van der Waals surface area contributed by atoms with E-state index in [9.17, 15) is 9.59 Å². The molecule has 0 fully saturated rings. The molecule has 0 saturated heterocycles. The third-order valence-electron chi connectivity index (χ3n) is 4.15. The van der Waals surface area contributed by atoms with Crippen molar-refractivity contribution in [2.24, 2.45) is 0 Å². The van der Waals surface area contributed by atoms with E-state index < -0.39 is 11.8 Å². The predicted octanol–water partition coefficient (Wildman–Crippen LogP) is 3.11. The van der Waals surface area contributed by atoms with E-state index in [1.807, 2.05) is 43.3 Å². The summed E-state index contributed by atoms with van der Waals surface area (Å²) in [7, 11) is 0. The second-order valence-electron chi connectivity index (χ2n) is 6.33. The molecular weight excluding hydrogens is 344 g/mol. The van der Waals surface area contributed by atoms with Crippen molar-refractivity contribution in [3.8, 4) is 11.5 Å². The molecule has 6 nitrogen and oxygen atoms in total. The molecule has 2 rings (SSSR count). The number of nitrogens with one attached hydrogen (secondary N) is 2. The molecule has 2 aromatic rings. The molecule has 0 radical (unpaired) electrons. The van der Waals surface area contributed by atoms with E-state index in [2.05, 4.69) is 24.7 Å². The van der Waals surface area contributed by atoms with Crippen LogP contribution in [0.3, 0.4) is 0 Å². The Kier molecular flexibility index (Phi) is 7.67. The monoisotopic (exact) mass is 370 g/mol. The van der Waals surface area contributed by atoms with E-state index in [0.717, 1.165) is 17.5 Å². The second kappa shape index (κ2) is 10.2. The van der Waals surface area contributed by atoms with Crippen molar-refractivity contribution < 1.29 is 19.1 Å². The predicted molar refractivity (Wildman–Crippen MR) is 104 cm³/mol. The standard InChI is InChI=1S/C21H26N2O4/c1-4-16(3)18-7-5-6-8-19(18)27-14-21(25)23-22-20(24)13-26-17-11-9-15(2)10-12-17/h5-12,16H,4,13-14H2,1-3H3,(H,22,24)(H,23,25). The fraction of sp³-hybridized carbons (Fsp3) is 0.333. The molecule has 0 aliphatic rings. The number of amides is 2. The fourth-order valence-electron chi connectivity index (χ4n) is 2.38. The lowest BCUT2D eigenvalue weighted by Gasteiger charge is -2.15. The molecule has 0 saturated carbocycles. The van der Waals surface area contributed by atoms with Crippen molar-refractivity contribution >= 4 is 11.8 Å². The number of carbonyl (C=O) groups is 2. The summed E-state index contributed by atoms with van der Waals surface area (Å²) in [4.78, 5) is 23.6. The number of rotatable bonds is 8. The van der Waals surface area contributed by atoms with Crippen molar-refractivity contribution in [2.45, 2.75) is 33.1 Å². The zero-order chi connectivity index (χ0) is 19.6. The number of hydrazine groups is 1. The summed E-state index contributed by atoms with van der Waals surface area (Å²) in [6, 6.07) is 15.0. The number of hydrogen-bond acceptors (Lipinski definition) is 4. The van der Waals surface area contributed by atoms with E-state index in [1.165, 1.54) is 0 Å². The summed E-state index contributed by atoms with van der Waals surface area (Å²) in [6.45, 7) is 5.79. The SMILES string of the molecule is CCC(C)c1ccccc1OCC(=O)NNC(=O)COc1ccc(C)cc1. The van der Waals surface area contributed by atoms with Crippen LogP contribution in [0.15, 0.2) is 48.5 Å². The molecule has 0 spiro atoms. The van der Waals surface area contributed by atoms with Gasteiger partial charge >= 0.3 is 0 Å². The number of para-hydroxylation sites is 1. The lowest BCUT2D eigenvalue weighted by molar-refractivity contribution is -0.131. The van der Waals surface area contributed by atoms with E-state index >= 15 is 0 Å². The quantitative estimate of drug-likeness (QED) is 0.700. The lowest BCUT2D eigenvalue weighted by Crippen LogP contribution is -2.45. The first-order chi connectivity index (χ1) is 13.0. The molecule has 2 aromatic carbocycles. The van der Waals surface area contributed by atoms with Gasteiger partial charge in [-0.25, -0.2) is 0 Å². The third kappa shape index (κ3) is 6.66. The van der Waals surface area contributed by atoms with Gasteiger partial charge in [0.1, 0.15) is 11.5 Å². The van der Waals surface area contributed by atoms with Crippen molar-refractivity contribution in [3.63, 3.8) is 0 Å². The average molecular weight is 370 g/mol. The first-order valence-corrected chi connectivity index (χ1v) is 8.98. The minimum atomic E-state index is -0.455. The molecule has 2 amide bonds. The van der Waals surface area contributed by atoms with Crippen molar-refractivity contribution in [3.05, 3.63) is 59.7 Å². The summed E-state index contributed by atoms with van der Waals surface area (Å²) in [6.07, 6.45) is 0.976. The lowest BCUT2D eigenvalue weighted by atomic mass is 9.98. The Morgan fingerprint density at radius 2 is 1.52 bits per heavy atom. The van der Waals surface area contributed by atoms with Gasteiger partial charge in [-0.1, -0.05) is 49.7 Å². The zero-order valence-electron chi connectivity index (χ0n) is 16.0. The minimum absolute atomic E-state index is 0.188. The van der Waals surface area contributed by atoms with Gasteiger partial charge in [0, 0.05) is 0 Å². The molecule has 0 aliphatic carbocycles. The van der Waals surface area contributed by atoms with Gasteiger partial charge in [0.05, 0.1) is 0 Å². The van der Waals surface area contributed by atoms with E-state index in [4.69, 9.17) is 9.47 Å². The van der Waals surface area contributed by atoms with Gasteiger partial charge in [-0.15, -0.1) is 0 Å². The zero-order valence-corrected chi connectivity index (χ0v) is 16.0.